The topological polar surface area (TPSA) is 119 Å². The fraction of sp³-hybridized carbons (Fsp3) is 0.250. The molecule has 1 aliphatic rings. The van der Waals surface area contributed by atoms with Gasteiger partial charge in [-0.2, -0.15) is 0 Å². The Morgan fingerprint density at radius 2 is 1.97 bits per heavy atom. The number of rotatable bonds is 8. The monoisotopic (exact) mass is 431 g/mol. The standard InChI is InChI=1S/C24H25N5O3/c1-15-6-7-17(23(31)27-18-9-10-18)14-20(15)29-13-12-26-22(24(29)32)28-19-5-3-2-4-16(19)8-11-21(25)30/h2-7,12-14,18H,8-11H2,1H3,(H2,25,30)(H,26,28)(H,27,31). The molecule has 3 aromatic rings. The Morgan fingerprint density at radius 1 is 1.19 bits per heavy atom. The second-order valence-electron chi connectivity index (χ2n) is 7.95. The number of primary amides is 1. The van der Waals surface area contributed by atoms with Gasteiger partial charge in [-0.05, 0) is 55.5 Å². The Kier molecular flexibility index (Phi) is 6.02. The van der Waals surface area contributed by atoms with Crippen LogP contribution in [-0.2, 0) is 11.2 Å². The molecule has 4 rings (SSSR count). The molecule has 1 saturated carbocycles. The van der Waals surface area contributed by atoms with Crippen LogP contribution >= 0.6 is 0 Å². The Bertz CT molecular complexity index is 1230. The summed E-state index contributed by atoms with van der Waals surface area (Å²) in [4.78, 5) is 41.1. The Balaban J connectivity index is 1.65. The van der Waals surface area contributed by atoms with E-state index in [1.165, 1.54) is 10.8 Å². The van der Waals surface area contributed by atoms with Crippen LogP contribution in [0.5, 0.6) is 0 Å². The van der Waals surface area contributed by atoms with Crippen molar-refractivity contribution in [3.63, 3.8) is 0 Å². The highest BCUT2D eigenvalue weighted by Crippen LogP contribution is 2.22. The van der Waals surface area contributed by atoms with E-state index in [0.29, 0.717) is 23.4 Å². The number of amides is 2. The molecule has 8 nitrogen and oxygen atoms in total. The van der Waals surface area contributed by atoms with Crippen molar-refractivity contribution in [2.24, 2.45) is 5.73 Å². The van der Waals surface area contributed by atoms with Crippen molar-refractivity contribution in [2.75, 3.05) is 5.32 Å². The van der Waals surface area contributed by atoms with Gasteiger partial charge >= 0.3 is 0 Å². The Labute approximate surface area is 185 Å². The highest BCUT2D eigenvalue weighted by molar-refractivity contribution is 5.95. The van der Waals surface area contributed by atoms with Crippen LogP contribution in [0.3, 0.4) is 0 Å². The van der Waals surface area contributed by atoms with Crippen LogP contribution in [0.2, 0.25) is 0 Å². The summed E-state index contributed by atoms with van der Waals surface area (Å²) < 4.78 is 1.48. The first kappa shape index (κ1) is 21.3. The minimum Gasteiger partial charge on any atom is -0.370 e. The summed E-state index contributed by atoms with van der Waals surface area (Å²) in [5, 5.41) is 6.06. The molecule has 164 valence electrons. The largest absolute Gasteiger partial charge is 0.370 e. The number of anilines is 2. The third kappa shape index (κ3) is 4.85. The van der Waals surface area contributed by atoms with E-state index in [9.17, 15) is 14.4 Å². The number of hydrogen-bond donors (Lipinski definition) is 3. The fourth-order valence-corrected chi connectivity index (χ4v) is 3.44. The lowest BCUT2D eigenvalue weighted by molar-refractivity contribution is -0.117. The summed E-state index contributed by atoms with van der Waals surface area (Å²) in [6.07, 6.45) is 5.79. The number of benzene rings is 2. The van der Waals surface area contributed by atoms with Gasteiger partial charge in [0.2, 0.25) is 5.91 Å². The van der Waals surface area contributed by atoms with Crippen LogP contribution < -0.4 is 21.9 Å². The number of nitrogens with two attached hydrogens (primary N) is 1. The molecule has 0 saturated heterocycles. The quantitative estimate of drug-likeness (QED) is 0.507. The van der Waals surface area contributed by atoms with Crippen molar-refractivity contribution in [3.8, 4) is 5.69 Å². The lowest BCUT2D eigenvalue weighted by Crippen LogP contribution is -2.26. The van der Waals surface area contributed by atoms with E-state index in [1.54, 1.807) is 18.3 Å². The van der Waals surface area contributed by atoms with Crippen LogP contribution in [0, 0.1) is 6.92 Å². The van der Waals surface area contributed by atoms with E-state index in [-0.39, 0.29) is 35.7 Å². The summed E-state index contributed by atoms with van der Waals surface area (Å²) in [7, 11) is 0. The molecule has 2 amide bonds. The number of hydrogen-bond acceptors (Lipinski definition) is 5. The van der Waals surface area contributed by atoms with Crippen LogP contribution in [0.4, 0.5) is 11.5 Å². The number of carbonyl (C=O) groups is 2. The van der Waals surface area contributed by atoms with Gasteiger partial charge in [-0.1, -0.05) is 24.3 Å². The number of carbonyl (C=O) groups excluding carboxylic acids is 2. The molecule has 2 aromatic carbocycles. The van der Waals surface area contributed by atoms with Crippen molar-refractivity contribution >= 4 is 23.3 Å². The van der Waals surface area contributed by atoms with Gasteiger partial charge < -0.3 is 16.4 Å². The number of aryl methyl sites for hydroxylation is 2. The maximum absolute atomic E-state index is 13.2. The van der Waals surface area contributed by atoms with Crippen LogP contribution in [0.15, 0.2) is 59.7 Å². The highest BCUT2D eigenvalue weighted by atomic mass is 16.2. The smallest absolute Gasteiger partial charge is 0.298 e. The zero-order chi connectivity index (χ0) is 22.7. The van der Waals surface area contributed by atoms with Gasteiger partial charge in [-0.25, -0.2) is 4.98 Å². The number of nitrogens with one attached hydrogen (secondary N) is 2. The van der Waals surface area contributed by atoms with E-state index in [4.69, 9.17) is 5.73 Å². The van der Waals surface area contributed by atoms with E-state index >= 15 is 0 Å². The molecule has 4 N–H and O–H groups in total. The van der Waals surface area contributed by atoms with Crippen molar-refractivity contribution in [1.29, 1.82) is 0 Å². The van der Waals surface area contributed by atoms with Gasteiger partial charge in [0.1, 0.15) is 0 Å². The van der Waals surface area contributed by atoms with Crippen molar-refractivity contribution < 1.29 is 9.59 Å². The SMILES string of the molecule is Cc1ccc(C(=O)NC2CC2)cc1-n1ccnc(Nc2ccccc2CCC(N)=O)c1=O. The fourth-order valence-electron chi connectivity index (χ4n) is 3.44. The third-order valence-corrected chi connectivity index (χ3v) is 5.40. The zero-order valence-corrected chi connectivity index (χ0v) is 17.8. The molecule has 0 atom stereocenters. The molecule has 1 fully saturated rings. The minimum atomic E-state index is -0.388. The zero-order valence-electron chi connectivity index (χ0n) is 17.8. The molecule has 32 heavy (non-hydrogen) atoms. The van der Waals surface area contributed by atoms with Crippen LogP contribution in [0.1, 0.15) is 40.7 Å². The normalized spacial score (nSPS) is 12.9. The first-order valence-corrected chi connectivity index (χ1v) is 10.5. The second-order valence-corrected chi connectivity index (χ2v) is 7.95. The molecule has 1 heterocycles. The maximum Gasteiger partial charge on any atom is 0.298 e. The van der Waals surface area contributed by atoms with Gasteiger partial charge in [0.15, 0.2) is 5.82 Å². The van der Waals surface area contributed by atoms with Crippen molar-refractivity contribution in [3.05, 3.63) is 81.9 Å². The van der Waals surface area contributed by atoms with Gasteiger partial charge in [-0.3, -0.25) is 19.0 Å². The molecular weight excluding hydrogens is 406 g/mol. The van der Waals surface area contributed by atoms with Crippen LogP contribution in [0.25, 0.3) is 5.69 Å². The van der Waals surface area contributed by atoms with Gasteiger partial charge in [0.25, 0.3) is 11.5 Å². The number of para-hydroxylation sites is 1. The average molecular weight is 431 g/mol. The van der Waals surface area contributed by atoms with E-state index < -0.39 is 0 Å². The predicted molar refractivity (Wildman–Crippen MR) is 122 cm³/mol. The molecule has 1 aliphatic carbocycles. The summed E-state index contributed by atoms with van der Waals surface area (Å²) >= 11 is 0. The van der Waals surface area contributed by atoms with E-state index in [1.807, 2.05) is 37.3 Å². The molecule has 0 bridgehead atoms. The Morgan fingerprint density at radius 3 is 2.72 bits per heavy atom. The van der Waals surface area contributed by atoms with Crippen LogP contribution in [-0.4, -0.2) is 27.4 Å². The number of aromatic nitrogens is 2. The summed E-state index contributed by atoms with van der Waals surface area (Å²) in [5.41, 5.74) is 8.45. The maximum atomic E-state index is 13.2. The lowest BCUT2D eigenvalue weighted by atomic mass is 10.1. The average Bonchev–Trinajstić information content (AvgIpc) is 3.59. The minimum absolute atomic E-state index is 0.141. The van der Waals surface area contributed by atoms with E-state index in [2.05, 4.69) is 15.6 Å². The molecule has 0 aliphatic heterocycles. The third-order valence-electron chi connectivity index (χ3n) is 5.40. The molecule has 0 spiro atoms. The Hall–Kier alpha value is -3.94. The highest BCUT2D eigenvalue weighted by Gasteiger charge is 2.24. The molecule has 8 heteroatoms. The van der Waals surface area contributed by atoms with Gasteiger partial charge in [0, 0.05) is 36.1 Å². The summed E-state index contributed by atoms with van der Waals surface area (Å²) in [5.74, 6) is -0.384. The molecule has 1 aromatic heterocycles. The molecule has 0 unspecified atom stereocenters. The van der Waals surface area contributed by atoms with E-state index in [0.717, 1.165) is 24.0 Å². The van der Waals surface area contributed by atoms with Gasteiger partial charge in [0.05, 0.1) is 5.69 Å². The lowest BCUT2D eigenvalue weighted by Gasteiger charge is -2.14. The van der Waals surface area contributed by atoms with Gasteiger partial charge in [-0.15, -0.1) is 0 Å². The summed E-state index contributed by atoms with van der Waals surface area (Å²) in [6, 6.07) is 13.0. The predicted octanol–water partition coefficient (Wildman–Crippen LogP) is 2.59. The molecule has 0 radical (unpaired) electrons. The summed E-state index contributed by atoms with van der Waals surface area (Å²) in [6.45, 7) is 1.89. The first-order valence-electron chi connectivity index (χ1n) is 10.5. The van der Waals surface area contributed by atoms with Crippen molar-refractivity contribution in [2.45, 2.75) is 38.6 Å². The number of nitrogens with zero attached hydrogens (tertiary/aromatic N) is 2. The first-order chi connectivity index (χ1) is 15.4. The van der Waals surface area contributed by atoms with Crippen molar-refractivity contribution in [1.82, 2.24) is 14.9 Å². The molecular formula is C24H25N5O3. The second kappa shape index (κ2) is 9.05.